The van der Waals surface area contributed by atoms with Gasteiger partial charge in [-0.1, -0.05) is 206 Å². The van der Waals surface area contributed by atoms with Gasteiger partial charge < -0.3 is 20.1 Å². The van der Waals surface area contributed by atoms with Crippen LogP contribution in [0.3, 0.4) is 0 Å². The van der Waals surface area contributed by atoms with Crippen molar-refractivity contribution >= 4 is 17.6 Å². The van der Waals surface area contributed by atoms with Crippen molar-refractivity contribution in [2.24, 2.45) is 5.73 Å². The fourth-order valence-corrected chi connectivity index (χ4v) is 8.16. The van der Waals surface area contributed by atoms with Gasteiger partial charge in [-0.2, -0.15) is 0 Å². The van der Waals surface area contributed by atoms with E-state index in [9.17, 15) is 14.4 Å². The number of amides is 1. The van der Waals surface area contributed by atoms with Crippen LogP contribution in [0.5, 0.6) is 0 Å². The molecule has 1 aromatic rings. The number of aromatic nitrogens is 2. The van der Waals surface area contributed by atoms with Crippen molar-refractivity contribution in [2.75, 3.05) is 39.5 Å². The summed E-state index contributed by atoms with van der Waals surface area (Å²) in [6.45, 7) is 8.91. The largest absolute Gasteiger partial charge is 0.379 e. The summed E-state index contributed by atoms with van der Waals surface area (Å²) < 4.78 is 12.9. The Balaban J connectivity index is 2.24. The van der Waals surface area contributed by atoms with Crippen LogP contribution in [-0.4, -0.2) is 77.6 Å². The maximum absolute atomic E-state index is 13.3. The topological polar surface area (TPSA) is 117 Å². The van der Waals surface area contributed by atoms with Crippen LogP contribution >= 0.6 is 0 Å². The molecule has 1 rings (SSSR count). The Morgan fingerprint density at radius 2 is 0.950 bits per heavy atom. The molecule has 1 aromatic heterocycles. The normalized spacial score (nSPS) is 12.0. The minimum absolute atomic E-state index is 0.0643. The summed E-state index contributed by atoms with van der Waals surface area (Å²) in [6, 6.07) is -0.685. The molecule has 1 amide bonds. The first-order valence-corrected chi connectivity index (χ1v) is 25.6. The number of ether oxygens (including phenoxy) is 2. The first kappa shape index (κ1) is 55.9. The highest BCUT2D eigenvalue weighted by atomic mass is 16.5. The molecule has 350 valence electrons. The van der Waals surface area contributed by atoms with E-state index in [1.165, 1.54) is 210 Å². The summed E-state index contributed by atoms with van der Waals surface area (Å²) in [6.07, 6.45) is 47.3. The average Bonchev–Trinajstić information content (AvgIpc) is 3.71. The van der Waals surface area contributed by atoms with E-state index in [0.29, 0.717) is 38.4 Å². The van der Waals surface area contributed by atoms with Gasteiger partial charge in [0.2, 0.25) is 11.8 Å². The number of carbonyl (C=O) groups excluding carboxylic acids is 3. The van der Waals surface area contributed by atoms with Crippen LogP contribution in [0, 0.1) is 0 Å². The number of unbranched alkanes of at least 4 members (excludes halogenated alkanes) is 30. The van der Waals surface area contributed by atoms with Gasteiger partial charge in [-0.3, -0.25) is 19.0 Å². The summed E-state index contributed by atoms with van der Waals surface area (Å²) in [5.41, 5.74) is 6.74. The molecular weight excluding hydrogens is 749 g/mol. The molecule has 0 saturated carbocycles. The first-order chi connectivity index (χ1) is 29.4. The number of hydrogen-bond acceptors (Lipinski definition) is 7. The summed E-state index contributed by atoms with van der Waals surface area (Å²) in [4.78, 5) is 43.5. The SMILES string of the molecule is CCCCCCCCCCCCCCCCCCN(CCCCCCCCCCCCCCCCCC)C(=O)COCCOCCCC(=O)C(N)Cc1cncn1C(C)=O. The van der Waals surface area contributed by atoms with Gasteiger partial charge in [0.15, 0.2) is 0 Å². The fourth-order valence-electron chi connectivity index (χ4n) is 8.16. The zero-order valence-electron chi connectivity index (χ0n) is 39.7. The Kier molecular flexibility index (Phi) is 39.3. The molecule has 9 heteroatoms. The van der Waals surface area contributed by atoms with Crippen LogP contribution in [0.2, 0.25) is 0 Å². The molecule has 0 radical (unpaired) electrons. The van der Waals surface area contributed by atoms with E-state index in [1.54, 1.807) is 6.20 Å². The number of carbonyl (C=O) groups is 3. The molecule has 0 bridgehead atoms. The van der Waals surface area contributed by atoms with Crippen LogP contribution in [0.1, 0.15) is 250 Å². The van der Waals surface area contributed by atoms with Gasteiger partial charge in [0, 0.05) is 51.4 Å². The lowest BCUT2D eigenvalue weighted by atomic mass is 10.0. The molecule has 0 aliphatic rings. The Bertz CT molecular complexity index is 1090. The number of nitrogens with zero attached hydrogens (tertiary/aromatic N) is 3. The number of Topliss-reactive ketones (excluding diaryl/α,β-unsaturated/α-hetero) is 1. The Hall–Kier alpha value is -2.10. The summed E-state index contributed by atoms with van der Waals surface area (Å²) in [5.74, 6) is -0.133. The first-order valence-electron chi connectivity index (χ1n) is 25.6. The van der Waals surface area contributed by atoms with Gasteiger partial charge in [-0.15, -0.1) is 0 Å². The minimum atomic E-state index is -0.685. The zero-order valence-corrected chi connectivity index (χ0v) is 39.7. The average molecular weight is 845 g/mol. The van der Waals surface area contributed by atoms with Crippen molar-refractivity contribution < 1.29 is 23.9 Å². The van der Waals surface area contributed by atoms with Gasteiger partial charge in [0.05, 0.1) is 19.3 Å². The van der Waals surface area contributed by atoms with Crippen molar-refractivity contribution in [3.05, 3.63) is 18.2 Å². The van der Waals surface area contributed by atoms with Gasteiger partial charge in [0.1, 0.15) is 18.7 Å². The lowest BCUT2D eigenvalue weighted by Crippen LogP contribution is -2.36. The third kappa shape index (κ3) is 33.5. The molecule has 0 fully saturated rings. The van der Waals surface area contributed by atoms with E-state index in [1.807, 2.05) is 4.90 Å². The van der Waals surface area contributed by atoms with Crippen LogP contribution in [-0.2, 0) is 25.5 Å². The third-order valence-corrected chi connectivity index (χ3v) is 12.1. The van der Waals surface area contributed by atoms with E-state index in [-0.39, 0.29) is 30.6 Å². The quantitative estimate of drug-likeness (QED) is 0.0649. The second-order valence-corrected chi connectivity index (χ2v) is 17.8. The van der Waals surface area contributed by atoms with Crippen molar-refractivity contribution in [1.29, 1.82) is 0 Å². The van der Waals surface area contributed by atoms with Crippen LogP contribution in [0.25, 0.3) is 0 Å². The summed E-state index contributed by atoms with van der Waals surface area (Å²) in [5, 5.41) is 0. The molecule has 0 saturated heterocycles. The second kappa shape index (κ2) is 42.2. The van der Waals surface area contributed by atoms with Gasteiger partial charge in [0.25, 0.3) is 0 Å². The van der Waals surface area contributed by atoms with E-state index >= 15 is 0 Å². The molecule has 9 nitrogen and oxygen atoms in total. The van der Waals surface area contributed by atoms with Crippen LogP contribution in [0.15, 0.2) is 12.5 Å². The maximum atomic E-state index is 13.3. The highest BCUT2D eigenvalue weighted by Crippen LogP contribution is 2.16. The molecule has 1 unspecified atom stereocenters. The molecule has 1 atom stereocenters. The Labute approximate surface area is 369 Å². The molecule has 2 N–H and O–H groups in total. The number of rotatable bonds is 46. The highest BCUT2D eigenvalue weighted by Gasteiger charge is 2.17. The Morgan fingerprint density at radius 3 is 1.35 bits per heavy atom. The highest BCUT2D eigenvalue weighted by molar-refractivity contribution is 5.84. The van der Waals surface area contributed by atoms with Gasteiger partial charge >= 0.3 is 0 Å². The van der Waals surface area contributed by atoms with Crippen LogP contribution in [0.4, 0.5) is 0 Å². The number of nitrogens with two attached hydrogens (primary N) is 1. The van der Waals surface area contributed by atoms with Crippen molar-refractivity contribution in [3.8, 4) is 0 Å². The third-order valence-electron chi connectivity index (χ3n) is 12.1. The molecule has 0 aromatic carbocycles. The number of imidazole rings is 1. The summed E-state index contributed by atoms with van der Waals surface area (Å²) in [7, 11) is 0. The molecule has 0 aliphatic heterocycles. The molecule has 60 heavy (non-hydrogen) atoms. The van der Waals surface area contributed by atoms with Gasteiger partial charge in [-0.05, 0) is 19.3 Å². The maximum Gasteiger partial charge on any atom is 0.248 e. The van der Waals surface area contributed by atoms with E-state index < -0.39 is 6.04 Å². The number of hydrogen-bond donors (Lipinski definition) is 1. The van der Waals surface area contributed by atoms with Crippen molar-refractivity contribution in [1.82, 2.24) is 14.5 Å². The smallest absolute Gasteiger partial charge is 0.248 e. The predicted octanol–water partition coefficient (Wildman–Crippen LogP) is 13.1. The Morgan fingerprint density at radius 1 is 0.567 bits per heavy atom. The second-order valence-electron chi connectivity index (χ2n) is 17.8. The number of ketones is 1. The molecule has 1 heterocycles. The lowest BCUT2D eigenvalue weighted by Gasteiger charge is -2.23. The zero-order chi connectivity index (χ0) is 43.6. The monoisotopic (exact) mass is 845 g/mol. The van der Waals surface area contributed by atoms with E-state index in [0.717, 1.165) is 25.9 Å². The predicted molar refractivity (Wildman–Crippen MR) is 252 cm³/mol. The van der Waals surface area contributed by atoms with E-state index in [4.69, 9.17) is 15.2 Å². The molecule has 0 aliphatic carbocycles. The fraction of sp³-hybridized carbons (Fsp3) is 0.882. The molecular formula is C51H96N4O5. The summed E-state index contributed by atoms with van der Waals surface area (Å²) >= 11 is 0. The standard InChI is InChI=1S/C51H96N4O5/c1-4-6-8-10-12-14-16-18-20-22-24-26-28-30-32-34-38-54(39-35-33-31-29-27-25-23-21-19-17-15-13-11-9-7-5-2)51(58)45-60-42-41-59-40-36-37-50(57)49(52)43-48-44-53-46-55(48)47(3)56/h44,46,49H,4-43,45,52H2,1-3H3. The van der Waals surface area contributed by atoms with Gasteiger partial charge in [-0.25, -0.2) is 4.98 Å². The molecule has 0 spiro atoms. The minimum Gasteiger partial charge on any atom is -0.379 e. The lowest BCUT2D eigenvalue weighted by molar-refractivity contribution is -0.137. The van der Waals surface area contributed by atoms with Crippen molar-refractivity contribution in [3.63, 3.8) is 0 Å². The van der Waals surface area contributed by atoms with Crippen molar-refractivity contribution in [2.45, 2.75) is 252 Å². The van der Waals surface area contributed by atoms with Crippen LogP contribution < -0.4 is 5.73 Å². The van der Waals surface area contributed by atoms with E-state index in [2.05, 4.69) is 18.8 Å².